The van der Waals surface area contributed by atoms with E-state index in [1.165, 1.54) is 0 Å². The van der Waals surface area contributed by atoms with Gasteiger partial charge in [0.15, 0.2) is 0 Å². The summed E-state index contributed by atoms with van der Waals surface area (Å²) in [4.78, 5) is 19.4. The number of carboxylic acids is 1. The number of aromatic nitrogens is 1. The molecule has 2 heterocycles. The standard InChI is InChI=1S/C18H22N4O3/c1-25-13-3-4-16-14(11-13)15(12-20-16)17(18(23)24)22-9-7-21(8-10-22)6-2-5-19/h3-4,11-12,17,20H,2,6-10H2,1H3,(H,23,24). The highest BCUT2D eigenvalue weighted by Gasteiger charge is 2.32. The lowest BCUT2D eigenvalue weighted by Gasteiger charge is -2.37. The summed E-state index contributed by atoms with van der Waals surface area (Å²) in [6.07, 6.45) is 2.29. The van der Waals surface area contributed by atoms with E-state index in [4.69, 9.17) is 10.00 Å². The fraction of sp³-hybridized carbons (Fsp3) is 0.444. The average molecular weight is 342 g/mol. The molecule has 1 fully saturated rings. The van der Waals surface area contributed by atoms with Crippen LogP contribution in [0, 0.1) is 11.3 Å². The molecule has 2 aromatic rings. The summed E-state index contributed by atoms with van der Waals surface area (Å²) in [5.74, 6) is -0.145. The van der Waals surface area contributed by atoms with Gasteiger partial charge in [-0.2, -0.15) is 5.26 Å². The second-order valence-electron chi connectivity index (χ2n) is 6.18. The Balaban J connectivity index is 1.83. The summed E-state index contributed by atoms with van der Waals surface area (Å²) in [6, 6.07) is 7.09. The van der Waals surface area contributed by atoms with Crippen LogP contribution in [0.2, 0.25) is 0 Å². The molecule has 25 heavy (non-hydrogen) atoms. The third kappa shape index (κ3) is 3.60. The minimum atomic E-state index is -0.853. The summed E-state index contributed by atoms with van der Waals surface area (Å²) in [5, 5.41) is 19.4. The van der Waals surface area contributed by atoms with E-state index in [1.807, 2.05) is 23.1 Å². The molecule has 1 aliphatic heterocycles. The second-order valence-corrected chi connectivity index (χ2v) is 6.18. The Bertz CT molecular complexity index is 787. The molecule has 132 valence electrons. The predicted molar refractivity (Wildman–Crippen MR) is 93.5 cm³/mol. The highest BCUT2D eigenvalue weighted by molar-refractivity contribution is 5.90. The van der Waals surface area contributed by atoms with Gasteiger partial charge in [-0.15, -0.1) is 0 Å². The van der Waals surface area contributed by atoms with E-state index in [1.54, 1.807) is 13.3 Å². The molecule has 3 rings (SSSR count). The van der Waals surface area contributed by atoms with Crippen molar-refractivity contribution in [2.45, 2.75) is 12.5 Å². The lowest BCUT2D eigenvalue weighted by Crippen LogP contribution is -2.49. The van der Waals surface area contributed by atoms with Gasteiger partial charge in [0, 0.05) is 61.8 Å². The Kier molecular flexibility index (Phi) is 5.22. The Hall–Kier alpha value is -2.56. The molecule has 0 saturated carbocycles. The van der Waals surface area contributed by atoms with Crippen LogP contribution in [0.1, 0.15) is 18.0 Å². The number of aliphatic carboxylic acids is 1. The van der Waals surface area contributed by atoms with E-state index < -0.39 is 12.0 Å². The first-order valence-electron chi connectivity index (χ1n) is 8.35. The first kappa shape index (κ1) is 17.3. The fourth-order valence-electron chi connectivity index (χ4n) is 3.41. The van der Waals surface area contributed by atoms with Gasteiger partial charge in [-0.3, -0.25) is 14.6 Å². The number of nitrogens with one attached hydrogen (secondary N) is 1. The minimum Gasteiger partial charge on any atom is -0.497 e. The third-order valence-electron chi connectivity index (χ3n) is 4.76. The number of aromatic amines is 1. The van der Waals surface area contributed by atoms with Crippen LogP contribution in [0.15, 0.2) is 24.4 Å². The summed E-state index contributed by atoms with van der Waals surface area (Å²) >= 11 is 0. The molecule has 1 aromatic carbocycles. The van der Waals surface area contributed by atoms with Gasteiger partial charge in [0.25, 0.3) is 0 Å². The predicted octanol–water partition coefficient (Wildman–Crippen LogP) is 1.83. The van der Waals surface area contributed by atoms with Crippen LogP contribution in [0.25, 0.3) is 10.9 Å². The van der Waals surface area contributed by atoms with Gasteiger partial charge in [-0.1, -0.05) is 0 Å². The number of benzene rings is 1. The number of carbonyl (C=O) groups is 1. The Morgan fingerprint density at radius 1 is 1.40 bits per heavy atom. The Morgan fingerprint density at radius 3 is 2.80 bits per heavy atom. The normalized spacial score (nSPS) is 17.3. The molecule has 1 aromatic heterocycles. The molecule has 2 N–H and O–H groups in total. The zero-order chi connectivity index (χ0) is 17.8. The van der Waals surface area contributed by atoms with Crippen LogP contribution in [-0.2, 0) is 4.79 Å². The van der Waals surface area contributed by atoms with Crippen LogP contribution < -0.4 is 4.74 Å². The van der Waals surface area contributed by atoms with Gasteiger partial charge in [-0.05, 0) is 18.2 Å². The fourth-order valence-corrected chi connectivity index (χ4v) is 3.41. The number of rotatable bonds is 6. The maximum Gasteiger partial charge on any atom is 0.325 e. The molecular formula is C18H22N4O3. The van der Waals surface area contributed by atoms with Crippen LogP contribution in [-0.4, -0.2) is 65.7 Å². The van der Waals surface area contributed by atoms with Crippen LogP contribution >= 0.6 is 0 Å². The lowest BCUT2D eigenvalue weighted by molar-refractivity contribution is -0.144. The SMILES string of the molecule is COc1ccc2[nH]cc(C(C(=O)O)N3CCN(CCC#N)CC3)c2c1. The van der Waals surface area contributed by atoms with Crippen molar-refractivity contribution in [1.82, 2.24) is 14.8 Å². The van der Waals surface area contributed by atoms with E-state index in [0.717, 1.165) is 36.1 Å². The van der Waals surface area contributed by atoms with Crippen LogP contribution in [0.3, 0.4) is 0 Å². The number of ether oxygens (including phenoxy) is 1. The van der Waals surface area contributed by atoms with Crippen molar-refractivity contribution in [1.29, 1.82) is 5.26 Å². The van der Waals surface area contributed by atoms with Crippen molar-refractivity contribution >= 4 is 16.9 Å². The number of nitriles is 1. The van der Waals surface area contributed by atoms with Crippen molar-refractivity contribution in [2.24, 2.45) is 0 Å². The average Bonchev–Trinajstić information content (AvgIpc) is 3.03. The summed E-state index contributed by atoms with van der Waals surface area (Å²) in [7, 11) is 1.60. The van der Waals surface area contributed by atoms with Crippen LogP contribution in [0.4, 0.5) is 0 Å². The number of H-pyrrole nitrogens is 1. The smallest absolute Gasteiger partial charge is 0.325 e. The largest absolute Gasteiger partial charge is 0.497 e. The molecule has 0 spiro atoms. The number of fused-ring (bicyclic) bond motifs is 1. The molecule has 0 amide bonds. The van der Waals surface area contributed by atoms with Crippen LogP contribution in [0.5, 0.6) is 5.75 Å². The Morgan fingerprint density at radius 2 is 2.16 bits per heavy atom. The molecule has 0 radical (unpaired) electrons. The molecule has 1 atom stereocenters. The first-order chi connectivity index (χ1) is 12.1. The molecular weight excluding hydrogens is 320 g/mol. The van der Waals surface area contributed by atoms with Gasteiger partial charge in [0.05, 0.1) is 13.2 Å². The molecule has 7 nitrogen and oxygen atoms in total. The van der Waals surface area contributed by atoms with E-state index >= 15 is 0 Å². The quantitative estimate of drug-likeness (QED) is 0.832. The second kappa shape index (κ2) is 7.55. The summed E-state index contributed by atoms with van der Waals surface area (Å²) in [6.45, 7) is 3.62. The number of nitrogens with zero attached hydrogens (tertiary/aromatic N) is 3. The van der Waals surface area contributed by atoms with Gasteiger partial charge in [0.1, 0.15) is 11.8 Å². The van der Waals surface area contributed by atoms with Crippen molar-refractivity contribution < 1.29 is 14.6 Å². The van der Waals surface area contributed by atoms with E-state index in [0.29, 0.717) is 25.3 Å². The maximum absolute atomic E-state index is 12.0. The Labute approximate surface area is 146 Å². The van der Waals surface area contributed by atoms with E-state index in [2.05, 4.69) is 16.0 Å². The van der Waals surface area contributed by atoms with Crippen molar-refractivity contribution in [3.05, 3.63) is 30.0 Å². The zero-order valence-corrected chi connectivity index (χ0v) is 14.2. The highest BCUT2D eigenvalue weighted by atomic mass is 16.5. The molecule has 0 aliphatic carbocycles. The van der Waals surface area contributed by atoms with E-state index in [9.17, 15) is 9.90 Å². The maximum atomic E-state index is 12.0. The molecule has 0 bridgehead atoms. The minimum absolute atomic E-state index is 0.505. The van der Waals surface area contributed by atoms with Gasteiger partial charge < -0.3 is 14.8 Å². The molecule has 1 aliphatic rings. The monoisotopic (exact) mass is 342 g/mol. The van der Waals surface area contributed by atoms with Gasteiger partial charge in [-0.25, -0.2) is 0 Å². The van der Waals surface area contributed by atoms with E-state index in [-0.39, 0.29) is 0 Å². The number of hydrogen-bond acceptors (Lipinski definition) is 5. The molecule has 1 saturated heterocycles. The molecule has 1 unspecified atom stereocenters. The first-order valence-corrected chi connectivity index (χ1v) is 8.35. The number of methoxy groups -OCH3 is 1. The summed E-state index contributed by atoms with van der Waals surface area (Å²) in [5.41, 5.74) is 1.65. The van der Waals surface area contributed by atoms with Crippen molar-refractivity contribution in [3.63, 3.8) is 0 Å². The number of piperazine rings is 1. The number of carboxylic acid groups (broad SMARTS) is 1. The lowest BCUT2D eigenvalue weighted by atomic mass is 10.0. The molecule has 7 heteroatoms. The number of hydrogen-bond donors (Lipinski definition) is 2. The van der Waals surface area contributed by atoms with Crippen molar-refractivity contribution in [3.8, 4) is 11.8 Å². The zero-order valence-electron chi connectivity index (χ0n) is 14.2. The third-order valence-corrected chi connectivity index (χ3v) is 4.76. The van der Waals surface area contributed by atoms with Crippen molar-refractivity contribution in [2.75, 3.05) is 39.8 Å². The van der Waals surface area contributed by atoms with Gasteiger partial charge >= 0.3 is 5.97 Å². The topological polar surface area (TPSA) is 92.6 Å². The van der Waals surface area contributed by atoms with Gasteiger partial charge in [0.2, 0.25) is 0 Å². The highest BCUT2D eigenvalue weighted by Crippen LogP contribution is 2.31. The summed E-state index contributed by atoms with van der Waals surface area (Å²) < 4.78 is 5.28.